The van der Waals surface area contributed by atoms with Gasteiger partial charge in [-0.25, -0.2) is 0 Å². The largest absolute Gasteiger partial charge is 0.354 e. The van der Waals surface area contributed by atoms with E-state index >= 15 is 0 Å². The fraction of sp³-hybridized carbons (Fsp3) is 0.923. The van der Waals surface area contributed by atoms with E-state index in [1.54, 1.807) is 0 Å². The van der Waals surface area contributed by atoms with Gasteiger partial charge in [0.15, 0.2) is 0 Å². The second-order valence-electron chi connectivity index (χ2n) is 4.89. The van der Waals surface area contributed by atoms with Crippen molar-refractivity contribution in [3.05, 3.63) is 0 Å². The molecule has 0 saturated heterocycles. The molecule has 1 aliphatic rings. The third kappa shape index (κ3) is 3.48. The average molecular weight is 226 g/mol. The van der Waals surface area contributed by atoms with Crippen LogP contribution >= 0.6 is 0 Å². The lowest BCUT2D eigenvalue weighted by molar-refractivity contribution is -0.136. The number of hydrogen-bond acceptors (Lipinski definition) is 2. The van der Waals surface area contributed by atoms with Crippen molar-refractivity contribution in [2.45, 2.75) is 52.4 Å². The highest BCUT2D eigenvalue weighted by Gasteiger charge is 2.42. The minimum absolute atomic E-state index is 0.000490. The summed E-state index contributed by atoms with van der Waals surface area (Å²) in [4.78, 5) is 12.0. The third-order valence-corrected chi connectivity index (χ3v) is 3.53. The highest BCUT2D eigenvalue weighted by molar-refractivity contribution is 5.83. The fourth-order valence-electron chi connectivity index (χ4n) is 2.43. The van der Waals surface area contributed by atoms with Gasteiger partial charge in [-0.2, -0.15) is 0 Å². The maximum Gasteiger partial charge on any atom is 0.226 e. The molecule has 0 aliphatic heterocycles. The van der Waals surface area contributed by atoms with Crippen LogP contribution in [0, 0.1) is 5.41 Å². The standard InChI is InChI=1S/C13H26N2O/c1-3-6-13(7-5-8-13)12(16)15-11-10-14-9-4-2/h14H,3-11H2,1-2H3,(H,15,16). The predicted octanol–water partition coefficient (Wildman–Crippen LogP) is 2.07. The zero-order chi connectivity index (χ0) is 11.9. The van der Waals surface area contributed by atoms with Gasteiger partial charge in [-0.3, -0.25) is 4.79 Å². The van der Waals surface area contributed by atoms with E-state index in [9.17, 15) is 4.79 Å². The minimum Gasteiger partial charge on any atom is -0.354 e. The van der Waals surface area contributed by atoms with Crippen molar-refractivity contribution < 1.29 is 4.79 Å². The summed E-state index contributed by atoms with van der Waals surface area (Å²) in [6.45, 7) is 7.01. The van der Waals surface area contributed by atoms with Gasteiger partial charge >= 0.3 is 0 Å². The van der Waals surface area contributed by atoms with Crippen LogP contribution in [0.2, 0.25) is 0 Å². The van der Waals surface area contributed by atoms with Crippen molar-refractivity contribution in [1.82, 2.24) is 10.6 Å². The average Bonchev–Trinajstić information content (AvgIpc) is 2.23. The molecule has 1 aliphatic carbocycles. The Labute approximate surface area is 99.4 Å². The number of amides is 1. The predicted molar refractivity (Wildman–Crippen MR) is 67.4 cm³/mol. The van der Waals surface area contributed by atoms with Crippen LogP contribution in [0.4, 0.5) is 0 Å². The van der Waals surface area contributed by atoms with Crippen LogP contribution in [-0.2, 0) is 4.79 Å². The van der Waals surface area contributed by atoms with E-state index < -0.39 is 0 Å². The maximum absolute atomic E-state index is 12.0. The first-order valence-corrected chi connectivity index (χ1v) is 6.74. The molecular formula is C13H26N2O. The Hall–Kier alpha value is -0.570. The fourth-order valence-corrected chi connectivity index (χ4v) is 2.43. The summed E-state index contributed by atoms with van der Waals surface area (Å²) in [7, 11) is 0. The Morgan fingerprint density at radius 1 is 1.12 bits per heavy atom. The Kier molecular flexibility index (Phi) is 5.81. The van der Waals surface area contributed by atoms with Gasteiger partial charge in [0.1, 0.15) is 0 Å². The molecule has 0 heterocycles. The SMILES string of the molecule is CCCNCCNC(=O)C1(CCC)CCC1. The Bertz CT molecular complexity index is 212. The molecule has 94 valence electrons. The number of hydrogen-bond donors (Lipinski definition) is 2. The van der Waals surface area contributed by atoms with Crippen LogP contribution in [-0.4, -0.2) is 25.5 Å². The smallest absolute Gasteiger partial charge is 0.226 e. The zero-order valence-corrected chi connectivity index (χ0v) is 10.8. The van der Waals surface area contributed by atoms with Gasteiger partial charge in [0.25, 0.3) is 0 Å². The lowest BCUT2D eigenvalue weighted by Gasteiger charge is -2.40. The first kappa shape index (κ1) is 13.5. The molecule has 0 unspecified atom stereocenters. The van der Waals surface area contributed by atoms with Gasteiger partial charge in [-0.1, -0.05) is 26.7 Å². The second kappa shape index (κ2) is 6.89. The lowest BCUT2D eigenvalue weighted by atomic mass is 9.65. The molecule has 0 spiro atoms. The van der Waals surface area contributed by atoms with E-state index in [0.29, 0.717) is 5.91 Å². The Morgan fingerprint density at radius 2 is 1.88 bits per heavy atom. The molecule has 0 atom stereocenters. The summed E-state index contributed by atoms with van der Waals surface area (Å²) in [6, 6.07) is 0. The van der Waals surface area contributed by atoms with Crippen LogP contribution in [0.5, 0.6) is 0 Å². The molecule has 1 saturated carbocycles. The van der Waals surface area contributed by atoms with E-state index in [0.717, 1.165) is 51.7 Å². The Balaban J connectivity index is 2.17. The molecule has 0 radical (unpaired) electrons. The van der Waals surface area contributed by atoms with Gasteiger partial charge in [0.2, 0.25) is 5.91 Å². The Morgan fingerprint density at radius 3 is 2.38 bits per heavy atom. The summed E-state index contributed by atoms with van der Waals surface area (Å²) in [5.41, 5.74) is -0.000490. The van der Waals surface area contributed by atoms with Gasteiger partial charge in [0, 0.05) is 18.5 Å². The van der Waals surface area contributed by atoms with E-state index in [2.05, 4.69) is 24.5 Å². The molecule has 3 nitrogen and oxygen atoms in total. The number of carbonyl (C=O) groups excluding carboxylic acids is 1. The first-order chi connectivity index (χ1) is 7.75. The van der Waals surface area contributed by atoms with Crippen LogP contribution < -0.4 is 10.6 Å². The summed E-state index contributed by atoms with van der Waals surface area (Å²) < 4.78 is 0. The second-order valence-corrected chi connectivity index (χ2v) is 4.89. The highest BCUT2D eigenvalue weighted by Crippen LogP contribution is 2.44. The molecule has 0 aromatic rings. The molecule has 2 N–H and O–H groups in total. The topological polar surface area (TPSA) is 41.1 Å². The molecule has 0 aromatic carbocycles. The number of carbonyl (C=O) groups is 1. The van der Waals surface area contributed by atoms with E-state index in [-0.39, 0.29) is 5.41 Å². The van der Waals surface area contributed by atoms with E-state index in [1.165, 1.54) is 6.42 Å². The number of nitrogens with one attached hydrogen (secondary N) is 2. The first-order valence-electron chi connectivity index (χ1n) is 6.74. The molecule has 1 rings (SSSR count). The summed E-state index contributed by atoms with van der Waals surface area (Å²) in [5, 5.41) is 6.36. The van der Waals surface area contributed by atoms with Gasteiger partial charge in [-0.05, 0) is 32.2 Å². The molecule has 1 amide bonds. The number of rotatable bonds is 8. The van der Waals surface area contributed by atoms with Crippen molar-refractivity contribution >= 4 is 5.91 Å². The summed E-state index contributed by atoms with van der Waals surface area (Å²) in [6.07, 6.45) is 6.72. The van der Waals surface area contributed by atoms with Crippen molar-refractivity contribution in [1.29, 1.82) is 0 Å². The van der Waals surface area contributed by atoms with Gasteiger partial charge in [0.05, 0.1) is 0 Å². The van der Waals surface area contributed by atoms with Crippen molar-refractivity contribution in [2.75, 3.05) is 19.6 Å². The highest BCUT2D eigenvalue weighted by atomic mass is 16.2. The van der Waals surface area contributed by atoms with Gasteiger partial charge < -0.3 is 10.6 Å². The summed E-state index contributed by atoms with van der Waals surface area (Å²) >= 11 is 0. The van der Waals surface area contributed by atoms with E-state index in [1.807, 2.05) is 0 Å². The van der Waals surface area contributed by atoms with Crippen LogP contribution in [0.15, 0.2) is 0 Å². The molecule has 0 aromatic heterocycles. The molecular weight excluding hydrogens is 200 g/mol. The quantitative estimate of drug-likeness (QED) is 0.622. The monoisotopic (exact) mass is 226 g/mol. The minimum atomic E-state index is -0.000490. The molecule has 0 bridgehead atoms. The van der Waals surface area contributed by atoms with Gasteiger partial charge in [-0.15, -0.1) is 0 Å². The van der Waals surface area contributed by atoms with Crippen LogP contribution in [0.1, 0.15) is 52.4 Å². The molecule has 16 heavy (non-hydrogen) atoms. The molecule has 3 heteroatoms. The van der Waals surface area contributed by atoms with Crippen molar-refractivity contribution in [2.24, 2.45) is 5.41 Å². The van der Waals surface area contributed by atoms with Crippen molar-refractivity contribution in [3.8, 4) is 0 Å². The molecule has 1 fully saturated rings. The van der Waals surface area contributed by atoms with Crippen molar-refractivity contribution in [3.63, 3.8) is 0 Å². The zero-order valence-electron chi connectivity index (χ0n) is 10.8. The van der Waals surface area contributed by atoms with Crippen LogP contribution in [0.25, 0.3) is 0 Å². The summed E-state index contributed by atoms with van der Waals surface area (Å²) in [5.74, 6) is 0.291. The maximum atomic E-state index is 12.0. The normalized spacial score (nSPS) is 17.9. The third-order valence-electron chi connectivity index (χ3n) is 3.53. The lowest BCUT2D eigenvalue weighted by Crippen LogP contribution is -2.47. The van der Waals surface area contributed by atoms with Crippen LogP contribution in [0.3, 0.4) is 0 Å². The van der Waals surface area contributed by atoms with E-state index in [4.69, 9.17) is 0 Å².